The van der Waals surface area contributed by atoms with E-state index in [2.05, 4.69) is 25.6 Å². The predicted octanol–water partition coefficient (Wildman–Crippen LogP) is 5.10. The molecule has 0 saturated heterocycles. The molecule has 4 aromatic rings. The Morgan fingerprint density at radius 3 is 2.56 bits per heavy atom. The lowest BCUT2D eigenvalue weighted by Crippen LogP contribution is -2.03. The third-order valence-corrected chi connectivity index (χ3v) is 3.93. The van der Waals surface area contributed by atoms with Gasteiger partial charge in [-0.05, 0) is 31.2 Å². The predicted molar refractivity (Wildman–Crippen MR) is 101 cm³/mol. The molecular formula is C20H15F2N5. The quantitative estimate of drug-likeness (QED) is 0.528. The number of rotatable bonds is 4. The normalized spacial score (nSPS) is 10.8. The summed E-state index contributed by atoms with van der Waals surface area (Å²) >= 11 is 0. The molecule has 0 aliphatic rings. The fourth-order valence-electron chi connectivity index (χ4n) is 2.73. The summed E-state index contributed by atoms with van der Waals surface area (Å²) < 4.78 is 26.5. The molecule has 0 aliphatic carbocycles. The maximum atomic E-state index is 13.4. The number of fused-ring (bicyclic) bond motifs is 1. The van der Waals surface area contributed by atoms with Crippen molar-refractivity contribution in [2.45, 2.75) is 6.92 Å². The van der Waals surface area contributed by atoms with E-state index in [1.165, 1.54) is 6.07 Å². The van der Waals surface area contributed by atoms with E-state index < -0.39 is 11.6 Å². The van der Waals surface area contributed by atoms with Crippen molar-refractivity contribution < 1.29 is 8.78 Å². The second kappa shape index (κ2) is 6.95. The molecule has 0 atom stereocenters. The van der Waals surface area contributed by atoms with Crippen LogP contribution >= 0.6 is 0 Å². The lowest BCUT2D eigenvalue weighted by Gasteiger charge is -2.11. The van der Waals surface area contributed by atoms with Crippen LogP contribution < -0.4 is 10.6 Å². The van der Waals surface area contributed by atoms with Crippen LogP contribution in [0.25, 0.3) is 10.9 Å². The molecule has 2 aromatic carbocycles. The number of halogens is 2. The average Bonchev–Trinajstić information content (AvgIpc) is 2.65. The molecule has 7 heteroatoms. The summed E-state index contributed by atoms with van der Waals surface area (Å²) in [6.45, 7) is 1.82. The number of pyridine rings is 1. The summed E-state index contributed by atoms with van der Waals surface area (Å²) in [4.78, 5) is 13.1. The molecule has 2 aromatic heterocycles. The summed E-state index contributed by atoms with van der Waals surface area (Å²) in [5, 5.41) is 7.15. The number of aromatic nitrogens is 3. The van der Waals surface area contributed by atoms with Crippen LogP contribution in [-0.4, -0.2) is 15.0 Å². The second-order valence-corrected chi connectivity index (χ2v) is 5.98. The number of benzene rings is 2. The van der Waals surface area contributed by atoms with Crippen molar-refractivity contribution in [3.05, 3.63) is 78.1 Å². The highest BCUT2D eigenvalue weighted by atomic mass is 19.2. The first kappa shape index (κ1) is 16.8. The highest BCUT2D eigenvalue weighted by Gasteiger charge is 2.08. The van der Waals surface area contributed by atoms with Gasteiger partial charge in [0.25, 0.3) is 0 Å². The SMILES string of the molecule is Cc1cc(Nc2cccc3cccnc23)nc(Nc2ccc(F)c(F)c2)n1. The zero-order valence-corrected chi connectivity index (χ0v) is 14.4. The summed E-state index contributed by atoms with van der Waals surface area (Å²) in [6, 6.07) is 15.0. The van der Waals surface area contributed by atoms with E-state index in [9.17, 15) is 8.78 Å². The zero-order valence-electron chi connectivity index (χ0n) is 14.4. The minimum Gasteiger partial charge on any atom is -0.338 e. The van der Waals surface area contributed by atoms with Crippen molar-refractivity contribution in [2.75, 3.05) is 10.6 Å². The van der Waals surface area contributed by atoms with E-state index in [1.807, 2.05) is 37.3 Å². The molecule has 0 spiro atoms. The van der Waals surface area contributed by atoms with Crippen LogP contribution in [0.3, 0.4) is 0 Å². The Kier molecular flexibility index (Phi) is 4.33. The molecule has 5 nitrogen and oxygen atoms in total. The second-order valence-electron chi connectivity index (χ2n) is 5.98. The first-order valence-electron chi connectivity index (χ1n) is 8.27. The third-order valence-electron chi connectivity index (χ3n) is 3.93. The van der Waals surface area contributed by atoms with Gasteiger partial charge in [0.05, 0.1) is 11.2 Å². The Bertz CT molecular complexity index is 1130. The van der Waals surface area contributed by atoms with E-state index >= 15 is 0 Å². The van der Waals surface area contributed by atoms with Crippen LogP contribution in [0.4, 0.5) is 31.9 Å². The van der Waals surface area contributed by atoms with Crippen LogP contribution in [0.5, 0.6) is 0 Å². The van der Waals surface area contributed by atoms with Crippen molar-refractivity contribution in [3.8, 4) is 0 Å². The lowest BCUT2D eigenvalue weighted by molar-refractivity contribution is 0.509. The zero-order chi connectivity index (χ0) is 18.8. The average molecular weight is 363 g/mol. The number of hydrogen-bond acceptors (Lipinski definition) is 5. The van der Waals surface area contributed by atoms with Crippen LogP contribution in [0.2, 0.25) is 0 Å². The van der Waals surface area contributed by atoms with Crippen LogP contribution in [-0.2, 0) is 0 Å². The van der Waals surface area contributed by atoms with Gasteiger partial charge in [-0.25, -0.2) is 13.8 Å². The molecule has 27 heavy (non-hydrogen) atoms. The number of aryl methyl sites for hydroxylation is 1. The van der Waals surface area contributed by atoms with Crippen molar-refractivity contribution in [1.29, 1.82) is 0 Å². The van der Waals surface area contributed by atoms with Crippen molar-refractivity contribution in [2.24, 2.45) is 0 Å². The van der Waals surface area contributed by atoms with Crippen molar-refractivity contribution in [3.63, 3.8) is 0 Å². The Labute approximate surface area is 154 Å². The van der Waals surface area contributed by atoms with Gasteiger partial charge in [0, 0.05) is 35.1 Å². The van der Waals surface area contributed by atoms with Gasteiger partial charge in [-0.1, -0.05) is 18.2 Å². The minimum atomic E-state index is -0.937. The Balaban J connectivity index is 1.65. The lowest BCUT2D eigenvalue weighted by atomic mass is 10.2. The fourth-order valence-corrected chi connectivity index (χ4v) is 2.73. The Morgan fingerprint density at radius 2 is 1.70 bits per heavy atom. The summed E-state index contributed by atoms with van der Waals surface area (Å²) in [5.74, 6) is -1.01. The van der Waals surface area contributed by atoms with Crippen LogP contribution in [0, 0.1) is 18.6 Å². The third kappa shape index (κ3) is 3.67. The number of nitrogens with one attached hydrogen (secondary N) is 2. The largest absolute Gasteiger partial charge is 0.338 e. The van der Waals surface area contributed by atoms with Gasteiger partial charge in [-0.15, -0.1) is 0 Å². The van der Waals surface area contributed by atoms with Crippen molar-refractivity contribution in [1.82, 2.24) is 15.0 Å². The topological polar surface area (TPSA) is 62.7 Å². The molecule has 0 amide bonds. The molecule has 2 heterocycles. The first-order chi connectivity index (χ1) is 13.1. The minimum absolute atomic E-state index is 0.275. The summed E-state index contributed by atoms with van der Waals surface area (Å²) in [7, 11) is 0. The number of anilines is 4. The molecule has 0 saturated carbocycles. The van der Waals surface area contributed by atoms with Gasteiger partial charge in [-0.3, -0.25) is 4.98 Å². The molecule has 0 unspecified atom stereocenters. The van der Waals surface area contributed by atoms with E-state index in [1.54, 1.807) is 12.3 Å². The van der Waals surface area contributed by atoms with Gasteiger partial charge in [0.15, 0.2) is 11.6 Å². The molecule has 4 rings (SSSR count). The molecular weight excluding hydrogens is 348 g/mol. The van der Waals surface area contributed by atoms with E-state index in [0.717, 1.165) is 28.7 Å². The molecule has 0 bridgehead atoms. The fraction of sp³-hybridized carbons (Fsp3) is 0.0500. The van der Waals surface area contributed by atoms with Gasteiger partial charge >= 0.3 is 0 Å². The van der Waals surface area contributed by atoms with E-state index in [4.69, 9.17) is 0 Å². The standard InChI is InChI=1S/C20H15F2N5/c1-12-10-18(26-17-6-2-4-13-5-3-9-23-19(13)17)27-20(24-12)25-14-7-8-15(21)16(22)11-14/h2-11H,1H3,(H2,24,25,26,27). The maximum Gasteiger partial charge on any atom is 0.229 e. The summed E-state index contributed by atoms with van der Waals surface area (Å²) in [5.41, 5.74) is 2.71. The molecule has 0 fully saturated rings. The smallest absolute Gasteiger partial charge is 0.229 e. The number of hydrogen-bond donors (Lipinski definition) is 2. The van der Waals surface area contributed by atoms with Gasteiger partial charge < -0.3 is 10.6 Å². The monoisotopic (exact) mass is 363 g/mol. The van der Waals surface area contributed by atoms with Gasteiger partial charge in [-0.2, -0.15) is 4.98 Å². The van der Waals surface area contributed by atoms with Crippen LogP contribution in [0.15, 0.2) is 60.8 Å². The molecule has 0 radical (unpaired) electrons. The highest BCUT2D eigenvalue weighted by molar-refractivity contribution is 5.91. The number of nitrogens with zero attached hydrogens (tertiary/aromatic N) is 3. The summed E-state index contributed by atoms with van der Waals surface area (Å²) in [6.07, 6.45) is 1.73. The maximum absolute atomic E-state index is 13.4. The van der Waals surface area contributed by atoms with E-state index in [-0.39, 0.29) is 5.95 Å². The van der Waals surface area contributed by atoms with Crippen LogP contribution in [0.1, 0.15) is 5.69 Å². The van der Waals surface area contributed by atoms with Gasteiger partial charge in [0.1, 0.15) is 5.82 Å². The first-order valence-corrected chi connectivity index (χ1v) is 8.27. The Hall–Kier alpha value is -3.61. The number of para-hydroxylation sites is 1. The molecule has 0 aliphatic heterocycles. The molecule has 134 valence electrons. The van der Waals surface area contributed by atoms with Crippen molar-refractivity contribution >= 4 is 34.0 Å². The van der Waals surface area contributed by atoms with E-state index in [0.29, 0.717) is 17.2 Å². The van der Waals surface area contributed by atoms with Gasteiger partial charge in [0.2, 0.25) is 5.95 Å². The molecule has 2 N–H and O–H groups in total. The Morgan fingerprint density at radius 1 is 0.852 bits per heavy atom. The highest BCUT2D eigenvalue weighted by Crippen LogP contribution is 2.25.